The number of rotatable bonds is 3. The Morgan fingerprint density at radius 3 is 2.45 bits per heavy atom. The van der Waals surface area contributed by atoms with Crippen molar-refractivity contribution in [3.8, 4) is 0 Å². The molecule has 0 aliphatic carbocycles. The van der Waals surface area contributed by atoms with Crippen LogP contribution in [0.1, 0.15) is 39.6 Å². The van der Waals surface area contributed by atoms with Crippen LogP contribution in [0.5, 0.6) is 0 Å². The predicted molar refractivity (Wildman–Crippen MR) is 110 cm³/mol. The molecule has 0 saturated carbocycles. The standard InChI is InChI=1S/C20H17Cl2N3O4/c21-12-2-3-14(15(22)10-12)18(26)24-7-5-13(6-8-24)25-17-9-11(19(27)28)1-4-16(17)23-20(25)29/h1-4,9-10,13H,5-8H2,(H,23,29)(H,27,28). The average Bonchev–Trinajstić information content (AvgIpc) is 3.02. The zero-order chi connectivity index (χ0) is 20.7. The maximum Gasteiger partial charge on any atom is 0.335 e. The van der Waals surface area contributed by atoms with Crippen LogP contribution in [0.25, 0.3) is 11.0 Å². The molecule has 0 radical (unpaired) electrons. The first-order valence-electron chi connectivity index (χ1n) is 9.07. The van der Waals surface area contributed by atoms with Crippen molar-refractivity contribution in [1.82, 2.24) is 14.5 Å². The maximum absolute atomic E-state index is 12.8. The number of likely N-dealkylation sites (tertiary alicyclic amines) is 1. The molecule has 0 atom stereocenters. The summed E-state index contributed by atoms with van der Waals surface area (Å²) in [7, 11) is 0. The molecule has 3 aromatic rings. The quantitative estimate of drug-likeness (QED) is 0.656. The highest BCUT2D eigenvalue weighted by molar-refractivity contribution is 6.36. The van der Waals surface area contributed by atoms with E-state index in [0.29, 0.717) is 52.6 Å². The Hall–Kier alpha value is -2.77. The number of aromatic carboxylic acids is 1. The molecule has 9 heteroatoms. The lowest BCUT2D eigenvalue weighted by Gasteiger charge is -2.32. The number of imidazole rings is 1. The molecule has 7 nitrogen and oxygen atoms in total. The van der Waals surface area contributed by atoms with E-state index in [0.717, 1.165) is 0 Å². The summed E-state index contributed by atoms with van der Waals surface area (Å²) in [6.07, 6.45) is 1.14. The van der Waals surface area contributed by atoms with E-state index in [1.54, 1.807) is 27.7 Å². The Balaban J connectivity index is 1.56. The van der Waals surface area contributed by atoms with Crippen LogP contribution < -0.4 is 5.69 Å². The molecule has 1 aromatic heterocycles. The number of nitrogens with zero attached hydrogens (tertiary/aromatic N) is 2. The fourth-order valence-corrected chi connectivity index (χ4v) is 4.27. The van der Waals surface area contributed by atoms with Gasteiger partial charge in [0.2, 0.25) is 0 Å². The van der Waals surface area contributed by atoms with Gasteiger partial charge in [0.05, 0.1) is 27.2 Å². The number of benzene rings is 2. The smallest absolute Gasteiger partial charge is 0.335 e. The Morgan fingerprint density at radius 2 is 1.79 bits per heavy atom. The van der Waals surface area contributed by atoms with Gasteiger partial charge in [-0.2, -0.15) is 0 Å². The van der Waals surface area contributed by atoms with Gasteiger partial charge in [-0.15, -0.1) is 0 Å². The lowest BCUT2D eigenvalue weighted by Crippen LogP contribution is -2.40. The zero-order valence-electron chi connectivity index (χ0n) is 15.2. The number of aromatic nitrogens is 2. The topological polar surface area (TPSA) is 95.4 Å². The highest BCUT2D eigenvalue weighted by Gasteiger charge is 2.27. The van der Waals surface area contributed by atoms with Gasteiger partial charge in [0, 0.05) is 24.2 Å². The van der Waals surface area contributed by atoms with Crippen LogP contribution in [0.15, 0.2) is 41.2 Å². The van der Waals surface area contributed by atoms with Crippen LogP contribution in [-0.4, -0.2) is 44.5 Å². The number of aromatic amines is 1. The summed E-state index contributed by atoms with van der Waals surface area (Å²) in [5.74, 6) is -1.23. The third kappa shape index (κ3) is 3.63. The molecule has 1 fully saturated rings. The first-order valence-corrected chi connectivity index (χ1v) is 9.82. The number of amides is 1. The lowest BCUT2D eigenvalue weighted by atomic mass is 10.0. The van der Waals surface area contributed by atoms with Gasteiger partial charge in [-0.3, -0.25) is 9.36 Å². The molecule has 1 amide bonds. The van der Waals surface area contributed by atoms with Gasteiger partial charge in [0.25, 0.3) is 5.91 Å². The van der Waals surface area contributed by atoms with E-state index in [9.17, 15) is 19.5 Å². The maximum atomic E-state index is 12.8. The Labute approximate surface area is 175 Å². The van der Waals surface area contributed by atoms with Gasteiger partial charge in [-0.25, -0.2) is 9.59 Å². The lowest BCUT2D eigenvalue weighted by molar-refractivity contribution is 0.0685. The summed E-state index contributed by atoms with van der Waals surface area (Å²) in [6, 6.07) is 9.19. The molecule has 0 bridgehead atoms. The fourth-order valence-electron chi connectivity index (χ4n) is 3.78. The zero-order valence-corrected chi connectivity index (χ0v) is 16.7. The van der Waals surface area contributed by atoms with Crippen LogP contribution in [0, 0.1) is 0 Å². The number of H-pyrrole nitrogens is 1. The summed E-state index contributed by atoms with van der Waals surface area (Å²) < 4.78 is 1.60. The van der Waals surface area contributed by atoms with Gasteiger partial charge in [0.1, 0.15) is 0 Å². The van der Waals surface area contributed by atoms with Crippen LogP contribution in [0.4, 0.5) is 0 Å². The van der Waals surface area contributed by atoms with Crippen molar-refractivity contribution >= 4 is 46.1 Å². The van der Waals surface area contributed by atoms with Crippen molar-refractivity contribution < 1.29 is 14.7 Å². The number of carbonyl (C=O) groups is 2. The van der Waals surface area contributed by atoms with Gasteiger partial charge in [-0.1, -0.05) is 23.2 Å². The Bertz CT molecular complexity index is 1180. The van der Waals surface area contributed by atoms with Crippen molar-refractivity contribution in [2.75, 3.05) is 13.1 Å². The van der Waals surface area contributed by atoms with E-state index in [1.807, 2.05) is 0 Å². The second kappa shape index (κ2) is 7.57. The summed E-state index contributed by atoms with van der Waals surface area (Å²) in [4.78, 5) is 41.0. The highest BCUT2D eigenvalue weighted by atomic mass is 35.5. The van der Waals surface area contributed by atoms with E-state index in [2.05, 4.69) is 4.98 Å². The minimum Gasteiger partial charge on any atom is -0.478 e. The van der Waals surface area contributed by atoms with Crippen LogP contribution in [-0.2, 0) is 0 Å². The number of nitrogens with one attached hydrogen (secondary N) is 1. The summed E-state index contributed by atoms with van der Waals surface area (Å²) in [6.45, 7) is 0.917. The van der Waals surface area contributed by atoms with Gasteiger partial charge >= 0.3 is 11.7 Å². The van der Waals surface area contributed by atoms with Crippen LogP contribution >= 0.6 is 23.2 Å². The second-order valence-electron chi connectivity index (χ2n) is 6.98. The molecular formula is C20H17Cl2N3O4. The molecule has 150 valence electrons. The number of hydrogen-bond donors (Lipinski definition) is 2. The van der Waals surface area contributed by atoms with Crippen molar-refractivity contribution in [2.24, 2.45) is 0 Å². The number of carbonyl (C=O) groups excluding carboxylic acids is 1. The number of hydrogen-bond acceptors (Lipinski definition) is 3. The highest BCUT2D eigenvalue weighted by Crippen LogP contribution is 2.28. The third-order valence-corrected chi connectivity index (χ3v) is 5.79. The second-order valence-corrected chi connectivity index (χ2v) is 7.83. The SMILES string of the molecule is O=C(O)c1ccc2[nH]c(=O)n(C3CCN(C(=O)c4ccc(Cl)cc4Cl)CC3)c2c1. The van der Waals surface area contributed by atoms with Crippen molar-refractivity contribution in [1.29, 1.82) is 0 Å². The molecule has 0 unspecified atom stereocenters. The first-order chi connectivity index (χ1) is 13.8. The van der Waals surface area contributed by atoms with Crippen molar-refractivity contribution in [3.63, 3.8) is 0 Å². The number of carboxylic acids is 1. The third-order valence-electron chi connectivity index (χ3n) is 5.24. The number of halogens is 2. The predicted octanol–water partition coefficient (Wildman–Crippen LogP) is 3.81. The number of piperidine rings is 1. The van der Waals surface area contributed by atoms with Gasteiger partial charge in [-0.05, 0) is 49.2 Å². The van der Waals surface area contributed by atoms with E-state index >= 15 is 0 Å². The molecule has 29 heavy (non-hydrogen) atoms. The largest absolute Gasteiger partial charge is 0.478 e. The van der Waals surface area contributed by atoms with E-state index in [-0.39, 0.29) is 23.2 Å². The van der Waals surface area contributed by atoms with E-state index in [4.69, 9.17) is 23.2 Å². The van der Waals surface area contributed by atoms with E-state index < -0.39 is 5.97 Å². The molecule has 1 aliphatic rings. The Morgan fingerprint density at radius 1 is 1.07 bits per heavy atom. The molecule has 0 spiro atoms. The fraction of sp³-hybridized carbons (Fsp3) is 0.250. The first kappa shape index (κ1) is 19.5. The van der Waals surface area contributed by atoms with Crippen molar-refractivity contribution in [3.05, 3.63) is 68.1 Å². The number of carboxylic acid groups (broad SMARTS) is 1. The molecule has 2 aromatic carbocycles. The van der Waals surface area contributed by atoms with Gasteiger partial charge < -0.3 is 15.0 Å². The molecular weight excluding hydrogens is 417 g/mol. The number of fused-ring (bicyclic) bond motifs is 1. The molecule has 1 saturated heterocycles. The van der Waals surface area contributed by atoms with Gasteiger partial charge in [0.15, 0.2) is 0 Å². The van der Waals surface area contributed by atoms with Crippen LogP contribution in [0.2, 0.25) is 10.0 Å². The monoisotopic (exact) mass is 433 g/mol. The minimum atomic E-state index is -1.05. The normalized spacial score (nSPS) is 15.0. The van der Waals surface area contributed by atoms with Crippen molar-refractivity contribution in [2.45, 2.75) is 18.9 Å². The molecule has 2 N–H and O–H groups in total. The minimum absolute atomic E-state index is 0.121. The summed E-state index contributed by atoms with van der Waals surface area (Å²) in [5, 5.41) is 10.0. The van der Waals surface area contributed by atoms with Crippen LogP contribution in [0.3, 0.4) is 0 Å². The molecule has 2 heterocycles. The summed E-state index contributed by atoms with van der Waals surface area (Å²) >= 11 is 12.0. The average molecular weight is 434 g/mol. The Kier molecular flexibility index (Phi) is 5.10. The summed E-state index contributed by atoms with van der Waals surface area (Å²) in [5.41, 5.74) is 1.38. The van der Waals surface area contributed by atoms with E-state index in [1.165, 1.54) is 18.2 Å². The molecule has 1 aliphatic heterocycles. The molecule has 4 rings (SSSR count).